The van der Waals surface area contributed by atoms with E-state index >= 15 is 0 Å². The van der Waals surface area contributed by atoms with Crippen LogP contribution in [-0.4, -0.2) is 9.97 Å². The van der Waals surface area contributed by atoms with Crippen molar-refractivity contribution in [3.63, 3.8) is 0 Å². The van der Waals surface area contributed by atoms with Crippen molar-refractivity contribution in [2.24, 2.45) is 5.84 Å². The van der Waals surface area contributed by atoms with Gasteiger partial charge in [-0.2, -0.15) is 0 Å². The molecule has 2 rings (SSSR count). The Morgan fingerprint density at radius 2 is 2.22 bits per heavy atom. The van der Waals surface area contributed by atoms with E-state index in [9.17, 15) is 0 Å². The number of pyridine rings is 2. The molecule has 1 atom stereocenters. The van der Waals surface area contributed by atoms with Crippen LogP contribution < -0.4 is 17.0 Å². The summed E-state index contributed by atoms with van der Waals surface area (Å²) in [4.78, 5) is 8.19. The number of halogens is 1. The van der Waals surface area contributed by atoms with Gasteiger partial charge in [0, 0.05) is 23.1 Å². The molecule has 2 aromatic heterocycles. The highest BCUT2D eigenvalue weighted by atomic mass is 79.9. The molecular weight excluding hydrogens is 294 g/mol. The Labute approximate surface area is 114 Å². The minimum Gasteiger partial charge on any atom is -0.383 e. The van der Waals surface area contributed by atoms with Gasteiger partial charge in [-0.15, -0.1) is 0 Å². The van der Waals surface area contributed by atoms with Crippen LogP contribution in [-0.2, 0) is 6.42 Å². The number of hydrazine groups is 1. The second-order valence-corrected chi connectivity index (χ2v) is 4.82. The van der Waals surface area contributed by atoms with E-state index in [2.05, 4.69) is 31.3 Å². The maximum absolute atomic E-state index is 5.83. The number of rotatable bonds is 4. The van der Waals surface area contributed by atoms with Gasteiger partial charge in [-0.3, -0.25) is 16.3 Å². The maximum Gasteiger partial charge on any atom is 0.126 e. The van der Waals surface area contributed by atoms with E-state index in [-0.39, 0.29) is 6.04 Å². The standard InChI is InChI=1S/C12H14BrN5/c13-10-4-9(6-16-7-10)11(18-15)5-8-2-1-3-17-12(8)14/h1-4,6-7,11,18H,5,15H2,(H2,14,17). The molecule has 2 heterocycles. The number of nitrogens with one attached hydrogen (secondary N) is 1. The fourth-order valence-electron chi connectivity index (χ4n) is 1.74. The molecule has 0 fully saturated rings. The van der Waals surface area contributed by atoms with E-state index in [1.165, 1.54) is 0 Å². The summed E-state index contributed by atoms with van der Waals surface area (Å²) in [7, 11) is 0. The zero-order chi connectivity index (χ0) is 13.0. The molecule has 6 heteroatoms. The second-order valence-electron chi connectivity index (χ2n) is 3.91. The van der Waals surface area contributed by atoms with Crippen LogP contribution in [0.4, 0.5) is 5.82 Å². The molecular formula is C12H14BrN5. The Bertz CT molecular complexity index is 531. The number of anilines is 1. The lowest BCUT2D eigenvalue weighted by atomic mass is 10.0. The van der Waals surface area contributed by atoms with Gasteiger partial charge in [0.15, 0.2) is 0 Å². The summed E-state index contributed by atoms with van der Waals surface area (Å²) in [6.07, 6.45) is 5.84. The molecule has 0 radical (unpaired) electrons. The Hall–Kier alpha value is -1.50. The lowest BCUT2D eigenvalue weighted by Crippen LogP contribution is -2.30. The molecule has 0 spiro atoms. The van der Waals surface area contributed by atoms with Crippen LogP contribution in [0.5, 0.6) is 0 Å². The normalized spacial score (nSPS) is 12.3. The lowest BCUT2D eigenvalue weighted by molar-refractivity contribution is 0.550. The van der Waals surface area contributed by atoms with Gasteiger partial charge in [0.1, 0.15) is 5.82 Å². The first kappa shape index (κ1) is 12.9. The second kappa shape index (κ2) is 5.90. The van der Waals surface area contributed by atoms with Gasteiger partial charge in [-0.25, -0.2) is 4.98 Å². The summed E-state index contributed by atoms with van der Waals surface area (Å²) in [6.45, 7) is 0. The fraction of sp³-hybridized carbons (Fsp3) is 0.167. The van der Waals surface area contributed by atoms with Gasteiger partial charge < -0.3 is 5.73 Å². The predicted molar refractivity (Wildman–Crippen MR) is 74.4 cm³/mol. The first-order chi connectivity index (χ1) is 8.70. The molecule has 2 aromatic rings. The molecule has 0 amide bonds. The monoisotopic (exact) mass is 307 g/mol. The van der Waals surface area contributed by atoms with E-state index < -0.39 is 0 Å². The van der Waals surface area contributed by atoms with Gasteiger partial charge in [0.25, 0.3) is 0 Å². The molecule has 0 aromatic carbocycles. The number of aromatic nitrogens is 2. The largest absolute Gasteiger partial charge is 0.383 e. The third-order valence-electron chi connectivity index (χ3n) is 2.68. The van der Waals surface area contributed by atoms with E-state index in [0.29, 0.717) is 12.2 Å². The Morgan fingerprint density at radius 1 is 1.39 bits per heavy atom. The summed E-state index contributed by atoms with van der Waals surface area (Å²) in [5, 5.41) is 0. The van der Waals surface area contributed by atoms with Crippen LogP contribution in [0.15, 0.2) is 41.3 Å². The molecule has 0 aliphatic carbocycles. The average Bonchev–Trinajstić information content (AvgIpc) is 2.38. The number of nitrogens with zero attached hydrogens (tertiary/aromatic N) is 2. The van der Waals surface area contributed by atoms with Crippen LogP contribution in [0.1, 0.15) is 17.2 Å². The minimum absolute atomic E-state index is 0.0542. The SMILES string of the molecule is NNC(Cc1cccnc1N)c1cncc(Br)c1. The molecule has 18 heavy (non-hydrogen) atoms. The first-order valence-corrected chi connectivity index (χ1v) is 6.26. The number of nitrogens with two attached hydrogens (primary N) is 2. The quantitative estimate of drug-likeness (QED) is 0.589. The zero-order valence-electron chi connectivity index (χ0n) is 9.68. The third-order valence-corrected chi connectivity index (χ3v) is 3.11. The molecule has 0 bridgehead atoms. The molecule has 1 unspecified atom stereocenters. The van der Waals surface area contributed by atoms with Crippen LogP contribution in [0, 0.1) is 0 Å². The van der Waals surface area contributed by atoms with Crippen molar-refractivity contribution in [1.29, 1.82) is 0 Å². The van der Waals surface area contributed by atoms with Crippen LogP contribution in [0.25, 0.3) is 0 Å². The van der Waals surface area contributed by atoms with Crippen molar-refractivity contribution in [3.8, 4) is 0 Å². The van der Waals surface area contributed by atoms with E-state index in [0.717, 1.165) is 15.6 Å². The van der Waals surface area contributed by atoms with Crippen molar-refractivity contribution >= 4 is 21.7 Å². The highest BCUT2D eigenvalue weighted by Gasteiger charge is 2.13. The van der Waals surface area contributed by atoms with Crippen LogP contribution >= 0.6 is 15.9 Å². The Morgan fingerprint density at radius 3 is 2.89 bits per heavy atom. The first-order valence-electron chi connectivity index (χ1n) is 5.46. The molecule has 5 nitrogen and oxygen atoms in total. The van der Waals surface area contributed by atoms with Gasteiger partial charge in [-0.1, -0.05) is 6.07 Å². The van der Waals surface area contributed by atoms with E-state index in [1.54, 1.807) is 18.6 Å². The zero-order valence-corrected chi connectivity index (χ0v) is 11.3. The van der Waals surface area contributed by atoms with Gasteiger partial charge in [-0.05, 0) is 45.6 Å². The van der Waals surface area contributed by atoms with Gasteiger partial charge in [0.2, 0.25) is 0 Å². The topological polar surface area (TPSA) is 89.8 Å². The molecule has 5 N–H and O–H groups in total. The highest BCUT2D eigenvalue weighted by Crippen LogP contribution is 2.21. The van der Waals surface area contributed by atoms with Crippen LogP contribution in [0.2, 0.25) is 0 Å². The summed E-state index contributed by atoms with van der Waals surface area (Å²) in [5.41, 5.74) is 10.6. The van der Waals surface area contributed by atoms with Crippen molar-refractivity contribution in [3.05, 3.63) is 52.4 Å². The van der Waals surface area contributed by atoms with E-state index in [4.69, 9.17) is 11.6 Å². The van der Waals surface area contributed by atoms with Gasteiger partial charge in [0.05, 0.1) is 6.04 Å². The summed E-state index contributed by atoms with van der Waals surface area (Å²) in [6, 6.07) is 5.72. The predicted octanol–water partition coefficient (Wildman–Crippen LogP) is 1.57. The Kier molecular flexibility index (Phi) is 4.24. The van der Waals surface area contributed by atoms with Gasteiger partial charge >= 0.3 is 0 Å². The summed E-state index contributed by atoms with van der Waals surface area (Å²) in [5.74, 6) is 6.13. The average molecular weight is 308 g/mol. The number of hydrogen-bond donors (Lipinski definition) is 3. The number of hydrogen-bond acceptors (Lipinski definition) is 5. The molecule has 0 aliphatic rings. The smallest absolute Gasteiger partial charge is 0.126 e. The van der Waals surface area contributed by atoms with Crippen LogP contribution in [0.3, 0.4) is 0 Å². The van der Waals surface area contributed by atoms with Crippen molar-refractivity contribution in [2.75, 3.05) is 5.73 Å². The number of nitrogen functional groups attached to an aromatic ring is 1. The molecule has 94 valence electrons. The molecule has 0 saturated heterocycles. The van der Waals surface area contributed by atoms with Crippen molar-refractivity contribution in [2.45, 2.75) is 12.5 Å². The van der Waals surface area contributed by atoms with E-state index in [1.807, 2.05) is 18.2 Å². The van der Waals surface area contributed by atoms with Crippen molar-refractivity contribution in [1.82, 2.24) is 15.4 Å². The fourth-order valence-corrected chi connectivity index (χ4v) is 2.12. The summed E-state index contributed by atoms with van der Waals surface area (Å²) >= 11 is 3.39. The maximum atomic E-state index is 5.83. The highest BCUT2D eigenvalue weighted by molar-refractivity contribution is 9.10. The minimum atomic E-state index is -0.0542. The van der Waals surface area contributed by atoms with Crippen molar-refractivity contribution < 1.29 is 0 Å². The molecule has 0 aliphatic heterocycles. The summed E-state index contributed by atoms with van der Waals surface area (Å²) < 4.78 is 0.916. The lowest BCUT2D eigenvalue weighted by Gasteiger charge is -2.16. The Balaban J connectivity index is 2.23. The third kappa shape index (κ3) is 3.04. The molecule has 0 saturated carbocycles.